The van der Waals surface area contributed by atoms with Crippen LogP contribution in [-0.4, -0.2) is 22.2 Å². The minimum atomic E-state index is -0.651. The lowest BCUT2D eigenvalue weighted by atomic mass is 10.2. The van der Waals surface area contributed by atoms with Crippen molar-refractivity contribution in [3.8, 4) is 17.1 Å². The second-order valence-electron chi connectivity index (χ2n) is 5.73. The Bertz CT molecular complexity index is 910. The summed E-state index contributed by atoms with van der Waals surface area (Å²) >= 11 is 6.12. The zero-order valence-corrected chi connectivity index (χ0v) is 15.2. The zero-order valence-electron chi connectivity index (χ0n) is 14.4. The summed E-state index contributed by atoms with van der Waals surface area (Å²) in [7, 11) is 0. The average molecular weight is 372 g/mol. The fourth-order valence-electron chi connectivity index (χ4n) is 2.32. The fourth-order valence-corrected chi connectivity index (χ4v) is 2.54. The van der Waals surface area contributed by atoms with Crippen LogP contribution in [0.15, 0.2) is 53.1 Å². The van der Waals surface area contributed by atoms with Gasteiger partial charge in [0.1, 0.15) is 5.75 Å². The molecule has 0 spiro atoms. The van der Waals surface area contributed by atoms with Gasteiger partial charge >= 0.3 is 0 Å². The van der Waals surface area contributed by atoms with Crippen molar-refractivity contribution in [2.45, 2.75) is 26.5 Å². The van der Waals surface area contributed by atoms with E-state index in [9.17, 15) is 4.79 Å². The third-order valence-corrected chi connectivity index (χ3v) is 4.09. The predicted octanol–water partition coefficient (Wildman–Crippen LogP) is 3.78. The van der Waals surface area contributed by atoms with Gasteiger partial charge in [-0.25, -0.2) is 0 Å². The van der Waals surface area contributed by atoms with Crippen LogP contribution in [0.3, 0.4) is 0 Å². The number of ether oxygens (including phenoxy) is 1. The predicted molar refractivity (Wildman–Crippen MR) is 97.9 cm³/mol. The molecule has 0 fully saturated rings. The number of aromatic nitrogens is 2. The Morgan fingerprint density at radius 3 is 2.73 bits per heavy atom. The third kappa shape index (κ3) is 4.21. The van der Waals surface area contributed by atoms with Crippen LogP contribution >= 0.6 is 11.6 Å². The zero-order chi connectivity index (χ0) is 18.5. The molecular weight excluding hydrogens is 354 g/mol. The summed E-state index contributed by atoms with van der Waals surface area (Å²) in [5.74, 6) is 1.07. The Kier molecular flexibility index (Phi) is 5.53. The molecule has 2 aromatic carbocycles. The van der Waals surface area contributed by atoms with Crippen LogP contribution in [-0.2, 0) is 11.3 Å². The third-order valence-electron chi connectivity index (χ3n) is 3.76. The van der Waals surface area contributed by atoms with Crippen molar-refractivity contribution in [3.63, 3.8) is 0 Å². The standard InChI is InChI=1S/C19H18ClN3O3/c1-12-7-3-6-10-16(12)25-13(2)19(24)21-11-17-22-18(23-26-17)14-8-4-5-9-15(14)20/h3-10,13H,11H2,1-2H3,(H,21,24)/t13-/m0/s1. The summed E-state index contributed by atoms with van der Waals surface area (Å²) < 4.78 is 10.9. The Labute approximate surface area is 156 Å². The van der Waals surface area contributed by atoms with Gasteiger partial charge in [0.15, 0.2) is 6.10 Å². The van der Waals surface area contributed by atoms with Crippen LogP contribution in [0.5, 0.6) is 5.75 Å². The number of rotatable bonds is 6. The Morgan fingerprint density at radius 1 is 1.23 bits per heavy atom. The minimum absolute atomic E-state index is 0.109. The van der Waals surface area contributed by atoms with Crippen molar-refractivity contribution >= 4 is 17.5 Å². The molecule has 0 saturated heterocycles. The van der Waals surface area contributed by atoms with Gasteiger partial charge in [-0.15, -0.1) is 0 Å². The van der Waals surface area contributed by atoms with E-state index in [1.807, 2.05) is 43.3 Å². The average Bonchev–Trinajstić information content (AvgIpc) is 3.10. The van der Waals surface area contributed by atoms with Crippen LogP contribution in [0.4, 0.5) is 0 Å². The first-order chi connectivity index (χ1) is 12.5. The van der Waals surface area contributed by atoms with Crippen LogP contribution < -0.4 is 10.1 Å². The smallest absolute Gasteiger partial charge is 0.261 e. The number of aryl methyl sites for hydroxylation is 1. The molecule has 0 aliphatic heterocycles. The summed E-state index contributed by atoms with van der Waals surface area (Å²) in [6, 6.07) is 14.7. The van der Waals surface area contributed by atoms with Crippen LogP contribution in [0.25, 0.3) is 11.4 Å². The molecule has 134 valence electrons. The maximum absolute atomic E-state index is 12.2. The van der Waals surface area contributed by atoms with E-state index in [0.717, 1.165) is 5.56 Å². The lowest BCUT2D eigenvalue weighted by Crippen LogP contribution is -2.36. The number of nitrogens with zero attached hydrogens (tertiary/aromatic N) is 2. The highest BCUT2D eigenvalue weighted by atomic mass is 35.5. The molecule has 3 aromatic rings. The first kappa shape index (κ1) is 17.9. The molecular formula is C19H18ClN3O3. The van der Waals surface area contributed by atoms with E-state index in [1.54, 1.807) is 19.1 Å². The van der Waals surface area contributed by atoms with E-state index in [1.165, 1.54) is 0 Å². The molecule has 0 unspecified atom stereocenters. The number of hydrogen-bond donors (Lipinski definition) is 1. The van der Waals surface area contributed by atoms with Crippen molar-refractivity contribution in [1.29, 1.82) is 0 Å². The van der Waals surface area contributed by atoms with Crippen molar-refractivity contribution in [3.05, 3.63) is 65.0 Å². The van der Waals surface area contributed by atoms with Gasteiger partial charge in [0, 0.05) is 5.56 Å². The molecule has 0 radical (unpaired) electrons. The van der Waals surface area contributed by atoms with Gasteiger partial charge < -0.3 is 14.6 Å². The van der Waals surface area contributed by atoms with Gasteiger partial charge in [-0.1, -0.05) is 47.1 Å². The van der Waals surface area contributed by atoms with Crippen LogP contribution in [0.2, 0.25) is 5.02 Å². The number of nitrogens with one attached hydrogen (secondary N) is 1. The van der Waals surface area contributed by atoms with E-state index in [0.29, 0.717) is 22.2 Å². The highest BCUT2D eigenvalue weighted by Crippen LogP contribution is 2.24. The molecule has 3 rings (SSSR count). The second-order valence-corrected chi connectivity index (χ2v) is 6.14. The van der Waals surface area contributed by atoms with Crippen molar-refractivity contribution in [2.24, 2.45) is 0 Å². The SMILES string of the molecule is Cc1ccccc1O[C@@H](C)C(=O)NCc1nc(-c2ccccc2Cl)no1. The number of halogens is 1. The summed E-state index contributed by atoms with van der Waals surface area (Å²) in [5.41, 5.74) is 1.64. The number of amides is 1. The first-order valence-corrected chi connectivity index (χ1v) is 8.50. The Balaban J connectivity index is 1.58. The molecule has 1 amide bonds. The molecule has 6 nitrogen and oxygen atoms in total. The normalized spacial score (nSPS) is 11.8. The van der Waals surface area contributed by atoms with Crippen molar-refractivity contribution in [2.75, 3.05) is 0 Å². The number of hydrogen-bond acceptors (Lipinski definition) is 5. The molecule has 7 heteroatoms. The highest BCUT2D eigenvalue weighted by molar-refractivity contribution is 6.33. The van der Waals surface area contributed by atoms with E-state index in [2.05, 4.69) is 15.5 Å². The van der Waals surface area contributed by atoms with Gasteiger partial charge in [0.05, 0.1) is 11.6 Å². The van der Waals surface area contributed by atoms with Crippen molar-refractivity contribution < 1.29 is 14.1 Å². The summed E-state index contributed by atoms with van der Waals surface area (Å²) in [5, 5.41) is 7.15. The van der Waals surface area contributed by atoms with Gasteiger partial charge in [0.2, 0.25) is 11.7 Å². The molecule has 1 N–H and O–H groups in total. The molecule has 1 heterocycles. The molecule has 0 saturated carbocycles. The molecule has 0 aliphatic rings. The van der Waals surface area contributed by atoms with Gasteiger partial charge in [0.25, 0.3) is 5.91 Å². The molecule has 1 atom stereocenters. The number of benzene rings is 2. The van der Waals surface area contributed by atoms with E-state index < -0.39 is 6.10 Å². The largest absolute Gasteiger partial charge is 0.481 e. The van der Waals surface area contributed by atoms with Gasteiger partial charge in [-0.05, 0) is 37.6 Å². The lowest BCUT2D eigenvalue weighted by molar-refractivity contribution is -0.127. The highest BCUT2D eigenvalue weighted by Gasteiger charge is 2.17. The van der Waals surface area contributed by atoms with E-state index in [-0.39, 0.29) is 18.3 Å². The molecule has 26 heavy (non-hydrogen) atoms. The van der Waals surface area contributed by atoms with Crippen LogP contribution in [0, 0.1) is 6.92 Å². The monoisotopic (exact) mass is 371 g/mol. The van der Waals surface area contributed by atoms with Crippen LogP contribution in [0.1, 0.15) is 18.4 Å². The topological polar surface area (TPSA) is 77.2 Å². The lowest BCUT2D eigenvalue weighted by Gasteiger charge is -2.15. The summed E-state index contributed by atoms with van der Waals surface area (Å²) in [6.07, 6.45) is -0.651. The maximum atomic E-state index is 12.2. The molecule has 1 aromatic heterocycles. The molecule has 0 bridgehead atoms. The second kappa shape index (κ2) is 8.01. The maximum Gasteiger partial charge on any atom is 0.261 e. The number of para-hydroxylation sites is 1. The number of carbonyl (C=O) groups is 1. The number of carbonyl (C=O) groups excluding carboxylic acids is 1. The van der Waals surface area contributed by atoms with Gasteiger partial charge in [-0.3, -0.25) is 4.79 Å². The fraction of sp³-hybridized carbons (Fsp3) is 0.211. The molecule has 0 aliphatic carbocycles. The Hall–Kier alpha value is -2.86. The summed E-state index contributed by atoms with van der Waals surface area (Å²) in [4.78, 5) is 16.5. The Morgan fingerprint density at radius 2 is 1.96 bits per heavy atom. The van der Waals surface area contributed by atoms with Crippen molar-refractivity contribution in [1.82, 2.24) is 15.5 Å². The first-order valence-electron chi connectivity index (χ1n) is 8.12. The van der Waals surface area contributed by atoms with Gasteiger partial charge in [-0.2, -0.15) is 4.98 Å². The quantitative estimate of drug-likeness (QED) is 0.713. The van der Waals surface area contributed by atoms with E-state index >= 15 is 0 Å². The summed E-state index contributed by atoms with van der Waals surface area (Å²) in [6.45, 7) is 3.72. The van der Waals surface area contributed by atoms with E-state index in [4.69, 9.17) is 20.9 Å². The minimum Gasteiger partial charge on any atom is -0.481 e.